The number of carbonyl (C=O) groups is 1. The minimum atomic E-state index is -0.825. The number of rotatable bonds is 16. The Labute approximate surface area is 278 Å². The third-order valence-electron chi connectivity index (χ3n) is 9.68. The second-order valence-electron chi connectivity index (χ2n) is 13.0. The van der Waals surface area contributed by atoms with Crippen molar-refractivity contribution in [3.05, 3.63) is 53.6 Å². The Morgan fingerprint density at radius 3 is 2.55 bits per heavy atom. The Bertz CT molecular complexity index is 1420. The summed E-state index contributed by atoms with van der Waals surface area (Å²) in [5.41, 5.74) is 7.18. The van der Waals surface area contributed by atoms with Crippen LogP contribution in [0.25, 0.3) is 0 Å². The molecule has 2 saturated carbocycles. The van der Waals surface area contributed by atoms with Crippen LogP contribution in [-0.4, -0.2) is 73.8 Å². The largest absolute Gasteiger partial charge is 0.504 e. The number of hydrogen-bond acceptors (Lipinski definition) is 9. The topological polar surface area (TPSA) is 168 Å². The Balaban J connectivity index is 1.50. The first-order chi connectivity index (χ1) is 22.6. The average molecular weight is 653 g/mol. The predicted octanol–water partition coefficient (Wildman–Crippen LogP) is 4.82. The number of carbonyl (C=O) groups excluding carboxylic acids is 1. The SMILES string of the molecule is CN=C(N)Nc1cc(CC/C=C/C(=O)C2(Cc3ccc(O)c(OC)c3)CCCC2)cc(O[C@]2(CNC)CC[C@H](C[C@H](O)OC)C2)c1O. The smallest absolute Gasteiger partial charge is 0.192 e. The molecular formula is C36H52N4O7. The van der Waals surface area contributed by atoms with E-state index in [4.69, 9.17) is 19.9 Å². The lowest BCUT2D eigenvalue weighted by Crippen LogP contribution is -2.43. The number of likely N-dealkylation sites (N-methyl/N-ethyl adjacent to an activating group) is 1. The summed E-state index contributed by atoms with van der Waals surface area (Å²) in [6.07, 6.45) is 11.1. The van der Waals surface area contributed by atoms with Crippen LogP contribution in [0, 0.1) is 11.3 Å². The van der Waals surface area contributed by atoms with E-state index in [1.54, 1.807) is 19.2 Å². The van der Waals surface area contributed by atoms with Crippen molar-refractivity contribution in [2.24, 2.45) is 22.1 Å². The molecule has 2 aromatic carbocycles. The summed E-state index contributed by atoms with van der Waals surface area (Å²) >= 11 is 0. The van der Waals surface area contributed by atoms with Gasteiger partial charge in [0.25, 0.3) is 0 Å². The van der Waals surface area contributed by atoms with E-state index < -0.39 is 17.3 Å². The number of allylic oxidation sites excluding steroid dienone is 2. The van der Waals surface area contributed by atoms with Gasteiger partial charge in [-0.3, -0.25) is 9.79 Å². The third-order valence-corrected chi connectivity index (χ3v) is 9.68. The van der Waals surface area contributed by atoms with Gasteiger partial charge in [-0.2, -0.15) is 0 Å². The van der Waals surface area contributed by atoms with E-state index in [1.807, 2.05) is 37.4 Å². The van der Waals surface area contributed by atoms with E-state index in [0.29, 0.717) is 55.8 Å². The zero-order chi connectivity index (χ0) is 34.0. The first kappa shape index (κ1) is 36.0. The lowest BCUT2D eigenvalue weighted by molar-refractivity contribution is -0.123. The molecule has 7 N–H and O–H groups in total. The van der Waals surface area contributed by atoms with E-state index >= 15 is 0 Å². The predicted molar refractivity (Wildman–Crippen MR) is 183 cm³/mol. The standard InChI is InChI=1S/C36H52N4O7/c1-38-23-36(16-13-26(22-36)20-32(43)46-4)47-30-18-24(17-27(33(30)44)40-34(37)39-2)9-5-6-10-31(42)35(14-7-8-15-35)21-25-11-12-28(41)29(19-25)45-3/h6,10-12,17-19,26,32,38,41,43-44H,5,7-9,13-16,20-23H2,1-4H3,(H3,37,39,40)/b10-6+/t26-,32-,36-/m1/s1. The molecular weight excluding hydrogens is 600 g/mol. The highest BCUT2D eigenvalue weighted by Gasteiger charge is 2.42. The van der Waals surface area contributed by atoms with E-state index in [2.05, 4.69) is 15.6 Å². The van der Waals surface area contributed by atoms with Crippen molar-refractivity contribution in [3.63, 3.8) is 0 Å². The number of hydrogen-bond donors (Lipinski definition) is 6. The Morgan fingerprint density at radius 2 is 1.87 bits per heavy atom. The summed E-state index contributed by atoms with van der Waals surface area (Å²) in [7, 11) is 6.45. The van der Waals surface area contributed by atoms with Gasteiger partial charge in [0.1, 0.15) is 5.60 Å². The second kappa shape index (κ2) is 16.3. The molecule has 0 unspecified atom stereocenters. The van der Waals surface area contributed by atoms with Crippen molar-refractivity contribution in [2.45, 2.75) is 82.5 Å². The molecule has 2 aromatic rings. The zero-order valence-corrected chi connectivity index (χ0v) is 28.2. The molecule has 0 aliphatic heterocycles. The lowest BCUT2D eigenvalue weighted by atomic mass is 9.76. The maximum Gasteiger partial charge on any atom is 0.192 e. The van der Waals surface area contributed by atoms with Crippen molar-refractivity contribution in [1.82, 2.24) is 5.32 Å². The van der Waals surface area contributed by atoms with E-state index in [9.17, 15) is 20.1 Å². The number of phenols is 2. The van der Waals surface area contributed by atoms with Crippen LogP contribution in [0.2, 0.25) is 0 Å². The molecule has 2 aliphatic rings. The fraction of sp³-hybridized carbons (Fsp3) is 0.556. The number of aliphatic hydroxyl groups excluding tert-OH is 1. The minimum Gasteiger partial charge on any atom is -0.504 e. The van der Waals surface area contributed by atoms with Crippen LogP contribution in [0.1, 0.15) is 68.9 Å². The summed E-state index contributed by atoms with van der Waals surface area (Å²) in [6.45, 7) is 0.571. The van der Waals surface area contributed by atoms with Crippen LogP contribution in [0.3, 0.4) is 0 Å². The van der Waals surface area contributed by atoms with Crippen molar-refractivity contribution in [1.29, 1.82) is 0 Å². The Hall–Kier alpha value is -3.80. The lowest BCUT2D eigenvalue weighted by Gasteiger charge is -2.32. The molecule has 11 heteroatoms. The number of aliphatic imine (C=N–C) groups is 1. The number of aryl methyl sites for hydroxylation is 1. The summed E-state index contributed by atoms with van der Waals surface area (Å²) in [6, 6.07) is 8.96. The Morgan fingerprint density at radius 1 is 1.13 bits per heavy atom. The van der Waals surface area contributed by atoms with Crippen molar-refractivity contribution in [3.8, 4) is 23.0 Å². The molecule has 0 radical (unpaired) electrons. The number of ketones is 1. The van der Waals surface area contributed by atoms with Crippen LogP contribution in [-0.2, 0) is 22.4 Å². The number of anilines is 1. The molecule has 2 fully saturated rings. The van der Waals surface area contributed by atoms with Gasteiger partial charge in [-0.1, -0.05) is 25.0 Å². The molecule has 2 aliphatic carbocycles. The van der Waals surface area contributed by atoms with Gasteiger partial charge in [-0.25, -0.2) is 0 Å². The first-order valence-electron chi connectivity index (χ1n) is 16.5. The van der Waals surface area contributed by atoms with Gasteiger partial charge in [-0.15, -0.1) is 0 Å². The molecule has 11 nitrogen and oxygen atoms in total. The van der Waals surface area contributed by atoms with Gasteiger partial charge in [0.15, 0.2) is 41.0 Å². The normalized spacial score (nSPS) is 21.6. The monoisotopic (exact) mass is 652 g/mol. The van der Waals surface area contributed by atoms with Gasteiger partial charge in [0.2, 0.25) is 0 Å². The molecule has 3 atom stereocenters. The molecule has 0 heterocycles. The van der Waals surface area contributed by atoms with E-state index in [-0.39, 0.29) is 29.2 Å². The highest BCUT2D eigenvalue weighted by molar-refractivity contribution is 5.95. The number of nitrogens with two attached hydrogens (primary N) is 1. The number of benzene rings is 2. The van der Waals surface area contributed by atoms with Crippen molar-refractivity contribution in [2.75, 3.05) is 40.2 Å². The first-order valence-corrected chi connectivity index (χ1v) is 16.5. The van der Waals surface area contributed by atoms with Crippen LogP contribution < -0.4 is 25.8 Å². The van der Waals surface area contributed by atoms with Crippen LogP contribution in [0.5, 0.6) is 23.0 Å². The molecule has 47 heavy (non-hydrogen) atoms. The molecule has 4 rings (SSSR count). The van der Waals surface area contributed by atoms with Crippen molar-refractivity contribution < 1.29 is 34.3 Å². The number of nitrogens with one attached hydrogen (secondary N) is 2. The van der Waals surface area contributed by atoms with Crippen LogP contribution in [0.4, 0.5) is 5.69 Å². The summed E-state index contributed by atoms with van der Waals surface area (Å²) < 4.78 is 17.0. The van der Waals surface area contributed by atoms with Gasteiger partial charge >= 0.3 is 0 Å². The Kier molecular flexibility index (Phi) is 12.5. The van der Waals surface area contributed by atoms with Gasteiger partial charge in [-0.05, 0) is 106 Å². The minimum absolute atomic E-state index is 0.0593. The fourth-order valence-electron chi connectivity index (χ4n) is 7.20. The van der Waals surface area contributed by atoms with Crippen LogP contribution >= 0.6 is 0 Å². The third kappa shape index (κ3) is 9.18. The number of guanidine groups is 1. The molecule has 0 saturated heterocycles. The number of phenolic OH excluding ortho intramolecular Hbond substituents is 2. The maximum atomic E-state index is 13.6. The summed E-state index contributed by atoms with van der Waals surface area (Å²) in [5.74, 6) is 1.26. The molecule has 0 amide bonds. The fourth-order valence-corrected chi connectivity index (χ4v) is 7.20. The number of nitrogens with zero attached hydrogens (tertiary/aromatic N) is 1. The average Bonchev–Trinajstić information content (AvgIpc) is 3.70. The zero-order valence-electron chi connectivity index (χ0n) is 28.2. The maximum absolute atomic E-state index is 13.6. The molecule has 258 valence electrons. The number of aromatic hydroxyl groups is 2. The molecule has 0 aromatic heterocycles. The van der Waals surface area contributed by atoms with Gasteiger partial charge in [0.05, 0.1) is 12.8 Å². The quantitative estimate of drug-likeness (QED) is 0.0487. The van der Waals surface area contributed by atoms with E-state index in [0.717, 1.165) is 49.7 Å². The van der Waals surface area contributed by atoms with Gasteiger partial charge in [0, 0.05) is 32.5 Å². The van der Waals surface area contributed by atoms with Crippen molar-refractivity contribution >= 4 is 17.4 Å². The van der Waals surface area contributed by atoms with Gasteiger partial charge < -0.3 is 45.9 Å². The summed E-state index contributed by atoms with van der Waals surface area (Å²) in [4.78, 5) is 17.6. The summed E-state index contributed by atoms with van der Waals surface area (Å²) in [5, 5.41) is 37.5. The number of aliphatic hydroxyl groups is 1. The number of methoxy groups -OCH3 is 2. The molecule has 0 bridgehead atoms. The number of ether oxygens (including phenoxy) is 3. The van der Waals surface area contributed by atoms with E-state index in [1.165, 1.54) is 14.2 Å². The highest BCUT2D eigenvalue weighted by atomic mass is 16.6. The van der Waals surface area contributed by atoms with Crippen LogP contribution in [0.15, 0.2) is 47.5 Å². The molecule has 0 spiro atoms. The second-order valence-corrected chi connectivity index (χ2v) is 13.0. The highest BCUT2D eigenvalue weighted by Crippen LogP contribution is 2.45.